The van der Waals surface area contributed by atoms with Crippen molar-refractivity contribution in [2.75, 3.05) is 5.32 Å². The normalized spacial score (nSPS) is 22.6. The summed E-state index contributed by atoms with van der Waals surface area (Å²) in [5.41, 5.74) is 0. The van der Waals surface area contributed by atoms with Crippen molar-refractivity contribution in [1.82, 2.24) is 10.2 Å². The van der Waals surface area contributed by atoms with Crippen LogP contribution in [-0.4, -0.2) is 27.3 Å². The molecule has 20 heavy (non-hydrogen) atoms. The molecule has 1 aliphatic rings. The topological polar surface area (TPSA) is 75.1 Å². The summed E-state index contributed by atoms with van der Waals surface area (Å²) in [5.74, 6) is -0.388. The Labute approximate surface area is 117 Å². The second-order valence-corrected chi connectivity index (χ2v) is 5.26. The smallest absolute Gasteiger partial charge is 0.308 e. The fourth-order valence-electron chi connectivity index (χ4n) is 2.91. The predicted octanol–water partition coefficient (Wildman–Crippen LogP) is 2.69. The maximum Gasteiger partial charge on any atom is 0.308 e. The van der Waals surface area contributed by atoms with E-state index in [0.29, 0.717) is 5.82 Å². The van der Waals surface area contributed by atoms with Crippen molar-refractivity contribution < 1.29 is 9.90 Å². The Morgan fingerprint density at radius 2 is 2.05 bits per heavy atom. The first kappa shape index (κ1) is 12.8. The van der Waals surface area contributed by atoms with Crippen LogP contribution in [0.25, 0.3) is 10.8 Å². The van der Waals surface area contributed by atoms with Crippen LogP contribution in [0.4, 0.5) is 5.82 Å². The average molecular weight is 271 g/mol. The number of anilines is 1. The highest BCUT2D eigenvalue weighted by Gasteiger charge is 2.31. The minimum atomic E-state index is -0.726. The zero-order valence-corrected chi connectivity index (χ0v) is 11.1. The number of carbonyl (C=O) groups is 1. The number of rotatable bonds is 3. The second kappa shape index (κ2) is 5.45. The number of nitrogens with one attached hydrogen (secondary N) is 1. The third-order valence-corrected chi connectivity index (χ3v) is 3.98. The van der Waals surface area contributed by atoms with Gasteiger partial charge in [0.1, 0.15) is 0 Å². The fourth-order valence-corrected chi connectivity index (χ4v) is 2.91. The molecule has 104 valence electrons. The van der Waals surface area contributed by atoms with Crippen LogP contribution in [0.5, 0.6) is 0 Å². The van der Waals surface area contributed by atoms with Gasteiger partial charge in [-0.05, 0) is 12.8 Å². The summed E-state index contributed by atoms with van der Waals surface area (Å²) in [7, 11) is 0. The summed E-state index contributed by atoms with van der Waals surface area (Å²) >= 11 is 0. The molecule has 1 heterocycles. The Morgan fingerprint density at radius 1 is 1.25 bits per heavy atom. The molecule has 2 N–H and O–H groups in total. The van der Waals surface area contributed by atoms with Gasteiger partial charge in [-0.2, -0.15) is 5.10 Å². The molecule has 0 spiro atoms. The van der Waals surface area contributed by atoms with E-state index < -0.39 is 5.97 Å². The van der Waals surface area contributed by atoms with Gasteiger partial charge < -0.3 is 10.4 Å². The lowest BCUT2D eigenvalue weighted by Crippen LogP contribution is -2.37. The summed E-state index contributed by atoms with van der Waals surface area (Å²) in [5, 5.41) is 22.7. The van der Waals surface area contributed by atoms with E-state index >= 15 is 0 Å². The molecule has 0 aliphatic heterocycles. The van der Waals surface area contributed by atoms with Crippen molar-refractivity contribution >= 4 is 22.6 Å². The second-order valence-electron chi connectivity index (χ2n) is 5.26. The van der Waals surface area contributed by atoms with Gasteiger partial charge in [0, 0.05) is 16.8 Å². The molecule has 2 atom stereocenters. The molecule has 0 amide bonds. The van der Waals surface area contributed by atoms with Crippen LogP contribution in [0.15, 0.2) is 30.5 Å². The number of carboxylic acid groups (broad SMARTS) is 1. The first-order valence-electron chi connectivity index (χ1n) is 6.95. The molecule has 1 aromatic carbocycles. The van der Waals surface area contributed by atoms with Gasteiger partial charge in [-0.25, -0.2) is 0 Å². The summed E-state index contributed by atoms with van der Waals surface area (Å²) in [6.07, 6.45) is 5.35. The van der Waals surface area contributed by atoms with E-state index in [1.807, 2.05) is 24.3 Å². The minimum absolute atomic E-state index is 0.0682. The summed E-state index contributed by atoms with van der Waals surface area (Å²) < 4.78 is 0. The zero-order valence-electron chi connectivity index (χ0n) is 11.1. The van der Waals surface area contributed by atoms with Gasteiger partial charge in [0.25, 0.3) is 0 Å². The summed E-state index contributed by atoms with van der Waals surface area (Å²) in [4.78, 5) is 11.3. The Morgan fingerprint density at radius 3 is 2.90 bits per heavy atom. The SMILES string of the molecule is O=C(O)C1CCCCC1Nc1nncc2ccccc12. The van der Waals surface area contributed by atoms with Crippen LogP contribution in [0.2, 0.25) is 0 Å². The van der Waals surface area contributed by atoms with Gasteiger partial charge in [0.2, 0.25) is 0 Å². The zero-order chi connectivity index (χ0) is 13.9. The quantitative estimate of drug-likeness (QED) is 0.897. The van der Waals surface area contributed by atoms with Gasteiger partial charge in [-0.1, -0.05) is 37.1 Å². The molecule has 1 aromatic heterocycles. The number of hydrogen-bond acceptors (Lipinski definition) is 4. The molecule has 1 aliphatic carbocycles. The standard InChI is InChI=1S/C15H17N3O2/c19-15(20)12-7-3-4-8-13(12)17-14-11-6-2-1-5-10(11)9-16-18-14/h1-2,5-6,9,12-13H,3-4,7-8H2,(H,17,18)(H,19,20). The molecule has 2 unspecified atom stereocenters. The Bertz CT molecular complexity index is 624. The lowest BCUT2D eigenvalue weighted by atomic mass is 9.84. The van der Waals surface area contributed by atoms with Gasteiger partial charge >= 0.3 is 5.97 Å². The molecule has 0 saturated heterocycles. The molecular formula is C15H17N3O2. The van der Waals surface area contributed by atoms with E-state index in [-0.39, 0.29) is 12.0 Å². The van der Waals surface area contributed by atoms with Gasteiger partial charge in [0.05, 0.1) is 12.1 Å². The molecule has 2 aromatic rings. The van der Waals surface area contributed by atoms with Gasteiger partial charge in [-0.15, -0.1) is 5.10 Å². The van der Waals surface area contributed by atoms with E-state index in [9.17, 15) is 9.90 Å². The average Bonchev–Trinajstić information content (AvgIpc) is 2.48. The van der Waals surface area contributed by atoms with Crippen LogP contribution in [-0.2, 0) is 4.79 Å². The first-order chi connectivity index (χ1) is 9.75. The Kier molecular flexibility index (Phi) is 3.50. The van der Waals surface area contributed by atoms with Crippen molar-refractivity contribution in [2.45, 2.75) is 31.7 Å². The summed E-state index contributed by atoms with van der Waals surface area (Å²) in [6, 6.07) is 7.79. The van der Waals surface area contributed by atoms with Gasteiger partial charge in [0.15, 0.2) is 5.82 Å². The molecule has 5 nitrogen and oxygen atoms in total. The lowest BCUT2D eigenvalue weighted by Gasteiger charge is -2.29. The van der Waals surface area contributed by atoms with Crippen LogP contribution in [0.3, 0.4) is 0 Å². The van der Waals surface area contributed by atoms with Crippen molar-refractivity contribution in [3.05, 3.63) is 30.5 Å². The van der Waals surface area contributed by atoms with Gasteiger partial charge in [-0.3, -0.25) is 4.79 Å². The molecule has 1 fully saturated rings. The molecule has 5 heteroatoms. The third-order valence-electron chi connectivity index (χ3n) is 3.98. The molecule has 0 radical (unpaired) electrons. The van der Waals surface area contributed by atoms with Crippen molar-refractivity contribution in [3.63, 3.8) is 0 Å². The number of aliphatic carboxylic acids is 1. The van der Waals surface area contributed by atoms with Crippen molar-refractivity contribution in [1.29, 1.82) is 0 Å². The number of hydrogen-bond donors (Lipinski definition) is 2. The Hall–Kier alpha value is -2.17. The largest absolute Gasteiger partial charge is 0.481 e. The Balaban J connectivity index is 1.90. The van der Waals surface area contributed by atoms with Crippen LogP contribution >= 0.6 is 0 Å². The molecule has 0 bridgehead atoms. The van der Waals surface area contributed by atoms with E-state index in [1.165, 1.54) is 0 Å². The minimum Gasteiger partial charge on any atom is -0.481 e. The highest BCUT2D eigenvalue weighted by Crippen LogP contribution is 2.29. The number of aromatic nitrogens is 2. The highest BCUT2D eigenvalue weighted by molar-refractivity contribution is 5.91. The summed E-state index contributed by atoms with van der Waals surface area (Å²) in [6.45, 7) is 0. The van der Waals surface area contributed by atoms with Crippen LogP contribution in [0.1, 0.15) is 25.7 Å². The van der Waals surface area contributed by atoms with E-state index in [0.717, 1.165) is 36.5 Å². The molecular weight excluding hydrogens is 254 g/mol. The fraction of sp³-hybridized carbons (Fsp3) is 0.400. The third kappa shape index (κ3) is 2.43. The predicted molar refractivity (Wildman–Crippen MR) is 76.5 cm³/mol. The number of carboxylic acids is 1. The number of benzene rings is 1. The first-order valence-corrected chi connectivity index (χ1v) is 6.95. The van der Waals surface area contributed by atoms with Crippen LogP contribution < -0.4 is 5.32 Å². The lowest BCUT2D eigenvalue weighted by molar-refractivity contribution is -0.143. The van der Waals surface area contributed by atoms with Crippen molar-refractivity contribution in [3.8, 4) is 0 Å². The maximum absolute atomic E-state index is 11.3. The highest BCUT2D eigenvalue weighted by atomic mass is 16.4. The molecule has 1 saturated carbocycles. The maximum atomic E-state index is 11.3. The van der Waals surface area contributed by atoms with E-state index in [1.54, 1.807) is 6.20 Å². The number of nitrogens with zero attached hydrogens (tertiary/aromatic N) is 2. The van der Waals surface area contributed by atoms with E-state index in [4.69, 9.17) is 0 Å². The molecule has 3 rings (SSSR count). The monoisotopic (exact) mass is 271 g/mol. The van der Waals surface area contributed by atoms with E-state index in [2.05, 4.69) is 15.5 Å². The number of fused-ring (bicyclic) bond motifs is 1. The van der Waals surface area contributed by atoms with Crippen LogP contribution in [0, 0.1) is 5.92 Å². The van der Waals surface area contributed by atoms with Crippen molar-refractivity contribution in [2.24, 2.45) is 5.92 Å².